The lowest BCUT2D eigenvalue weighted by atomic mass is 9.83. The van der Waals surface area contributed by atoms with Gasteiger partial charge in [-0.1, -0.05) is 13.8 Å². The molecule has 1 amide bonds. The first-order chi connectivity index (χ1) is 6.52. The van der Waals surface area contributed by atoms with Crippen molar-refractivity contribution in [3.8, 4) is 0 Å². The van der Waals surface area contributed by atoms with Crippen LogP contribution < -0.4 is 0 Å². The predicted molar refractivity (Wildman–Crippen MR) is 56.0 cm³/mol. The molecular formula is C11H20N2O. The second kappa shape index (κ2) is 3.23. The first-order valence-electron chi connectivity index (χ1n) is 5.58. The van der Waals surface area contributed by atoms with Crippen molar-refractivity contribution in [2.75, 3.05) is 13.1 Å². The van der Waals surface area contributed by atoms with Gasteiger partial charge in [-0.15, -0.1) is 0 Å². The van der Waals surface area contributed by atoms with Gasteiger partial charge in [-0.2, -0.15) is 0 Å². The highest BCUT2D eigenvalue weighted by atomic mass is 16.2. The maximum absolute atomic E-state index is 11.7. The summed E-state index contributed by atoms with van der Waals surface area (Å²) in [7, 11) is 0. The van der Waals surface area contributed by atoms with E-state index in [0.717, 1.165) is 13.1 Å². The molecule has 2 atom stereocenters. The summed E-state index contributed by atoms with van der Waals surface area (Å²) in [6.45, 7) is 10.5. The number of nitrogens with zero attached hydrogens (tertiary/aromatic N) is 2. The number of piperazine rings is 1. The molecule has 0 aromatic heterocycles. The molecule has 2 heterocycles. The Morgan fingerprint density at radius 3 is 2.14 bits per heavy atom. The van der Waals surface area contributed by atoms with Gasteiger partial charge in [0.05, 0.1) is 6.04 Å². The van der Waals surface area contributed by atoms with E-state index in [0.29, 0.717) is 24.0 Å². The van der Waals surface area contributed by atoms with Crippen molar-refractivity contribution >= 4 is 5.91 Å². The molecule has 14 heavy (non-hydrogen) atoms. The smallest absolute Gasteiger partial charge is 0.225 e. The zero-order valence-corrected chi connectivity index (χ0v) is 9.53. The maximum atomic E-state index is 11.7. The van der Waals surface area contributed by atoms with Gasteiger partial charge in [0.1, 0.15) is 0 Å². The molecule has 0 bridgehead atoms. The van der Waals surface area contributed by atoms with Crippen molar-refractivity contribution in [2.45, 2.75) is 45.8 Å². The molecule has 0 N–H and O–H groups in total. The highest BCUT2D eigenvalue weighted by molar-refractivity contribution is 5.80. The third-order valence-corrected chi connectivity index (χ3v) is 3.49. The van der Waals surface area contributed by atoms with Gasteiger partial charge in [0.2, 0.25) is 5.91 Å². The molecule has 2 saturated heterocycles. The Morgan fingerprint density at radius 1 is 1.14 bits per heavy atom. The molecule has 2 rings (SSSR count). The molecule has 2 aliphatic rings. The highest BCUT2D eigenvalue weighted by Crippen LogP contribution is 2.35. The van der Waals surface area contributed by atoms with Crippen LogP contribution in [0.5, 0.6) is 0 Å². The van der Waals surface area contributed by atoms with E-state index in [1.165, 1.54) is 0 Å². The van der Waals surface area contributed by atoms with Gasteiger partial charge >= 0.3 is 0 Å². The molecule has 0 aliphatic carbocycles. The summed E-state index contributed by atoms with van der Waals surface area (Å²) in [5.74, 6) is 0.485. The number of fused-ring (bicyclic) bond motifs is 1. The Bertz CT molecular complexity index is 250. The number of rotatable bonds is 2. The summed E-state index contributed by atoms with van der Waals surface area (Å²) in [6, 6.07) is 1.83. The van der Waals surface area contributed by atoms with Crippen molar-refractivity contribution in [1.29, 1.82) is 0 Å². The van der Waals surface area contributed by atoms with Crippen LogP contribution in [-0.2, 0) is 4.79 Å². The number of amides is 1. The normalized spacial score (nSPS) is 31.4. The van der Waals surface area contributed by atoms with E-state index in [9.17, 15) is 4.79 Å². The molecule has 3 heteroatoms. The number of hydrogen-bond donors (Lipinski definition) is 0. The van der Waals surface area contributed by atoms with Gasteiger partial charge in [-0.25, -0.2) is 0 Å². The van der Waals surface area contributed by atoms with E-state index in [4.69, 9.17) is 0 Å². The molecule has 0 aromatic carbocycles. The van der Waals surface area contributed by atoms with E-state index in [1.54, 1.807) is 0 Å². The fourth-order valence-electron chi connectivity index (χ4n) is 2.47. The van der Waals surface area contributed by atoms with Crippen LogP contribution in [0.25, 0.3) is 0 Å². The Morgan fingerprint density at radius 2 is 1.79 bits per heavy atom. The van der Waals surface area contributed by atoms with Crippen LogP contribution in [0.4, 0.5) is 0 Å². The molecule has 0 radical (unpaired) electrons. The average Bonchev–Trinajstić information content (AvgIpc) is 2.06. The molecule has 3 nitrogen and oxygen atoms in total. The molecule has 0 aromatic rings. The Hall–Kier alpha value is -0.570. The summed E-state index contributed by atoms with van der Waals surface area (Å²) >= 11 is 0. The van der Waals surface area contributed by atoms with Crippen LogP contribution in [0.15, 0.2) is 0 Å². The van der Waals surface area contributed by atoms with Crippen LogP contribution in [0.1, 0.15) is 27.7 Å². The van der Waals surface area contributed by atoms with E-state index in [1.807, 2.05) is 18.7 Å². The summed E-state index contributed by atoms with van der Waals surface area (Å²) in [6.07, 6.45) is 0. The third kappa shape index (κ3) is 1.26. The van der Waals surface area contributed by atoms with Crippen LogP contribution in [0.3, 0.4) is 0 Å². The Balaban J connectivity index is 1.87. The molecule has 2 aliphatic heterocycles. The topological polar surface area (TPSA) is 23.6 Å². The van der Waals surface area contributed by atoms with Gasteiger partial charge in [0.25, 0.3) is 0 Å². The first-order valence-corrected chi connectivity index (χ1v) is 5.58. The molecule has 0 saturated carbocycles. The van der Waals surface area contributed by atoms with Crippen molar-refractivity contribution in [3.63, 3.8) is 0 Å². The second-order valence-corrected chi connectivity index (χ2v) is 5.07. The minimum absolute atomic E-state index is 0.157. The zero-order chi connectivity index (χ0) is 10.5. The molecule has 2 fully saturated rings. The Labute approximate surface area is 86.1 Å². The number of carbonyl (C=O) groups excluding carboxylic acids is 1. The Kier molecular flexibility index (Phi) is 2.30. The monoisotopic (exact) mass is 196 g/mol. The summed E-state index contributed by atoms with van der Waals surface area (Å²) in [5, 5.41) is 0. The van der Waals surface area contributed by atoms with Crippen molar-refractivity contribution in [1.82, 2.24) is 9.80 Å². The van der Waals surface area contributed by atoms with Crippen LogP contribution >= 0.6 is 0 Å². The van der Waals surface area contributed by atoms with Crippen molar-refractivity contribution in [3.05, 3.63) is 0 Å². The number of carbonyl (C=O) groups is 1. The lowest BCUT2D eigenvalue weighted by Crippen LogP contribution is -2.80. The largest absolute Gasteiger partial charge is 0.335 e. The number of likely N-dealkylation sites (tertiary alicyclic amines) is 2. The van der Waals surface area contributed by atoms with E-state index < -0.39 is 0 Å². The highest BCUT2D eigenvalue weighted by Gasteiger charge is 2.53. The quantitative estimate of drug-likeness (QED) is 0.656. The zero-order valence-electron chi connectivity index (χ0n) is 9.53. The molecule has 0 spiro atoms. The van der Waals surface area contributed by atoms with Crippen molar-refractivity contribution < 1.29 is 4.79 Å². The SMILES string of the molecule is CC(C)C(=O)N1CC2C1CN2C(C)C. The van der Waals surface area contributed by atoms with Gasteiger partial charge in [0.15, 0.2) is 0 Å². The van der Waals surface area contributed by atoms with Crippen molar-refractivity contribution in [2.24, 2.45) is 5.92 Å². The number of hydrogen-bond acceptors (Lipinski definition) is 2. The van der Waals surface area contributed by atoms with Crippen LogP contribution in [0, 0.1) is 5.92 Å². The van der Waals surface area contributed by atoms with Crippen LogP contribution in [-0.4, -0.2) is 46.9 Å². The molecule has 80 valence electrons. The van der Waals surface area contributed by atoms with Gasteiger partial charge in [-0.3, -0.25) is 9.69 Å². The maximum Gasteiger partial charge on any atom is 0.225 e. The molecule has 2 unspecified atom stereocenters. The second-order valence-electron chi connectivity index (χ2n) is 5.07. The van der Waals surface area contributed by atoms with Crippen LogP contribution in [0.2, 0.25) is 0 Å². The van der Waals surface area contributed by atoms with Gasteiger partial charge in [0, 0.05) is 31.1 Å². The minimum Gasteiger partial charge on any atom is -0.335 e. The predicted octanol–water partition coefficient (Wildman–Crippen LogP) is 0.946. The average molecular weight is 196 g/mol. The minimum atomic E-state index is 0.157. The summed E-state index contributed by atoms with van der Waals surface area (Å²) in [5.41, 5.74) is 0. The molecular weight excluding hydrogens is 176 g/mol. The first kappa shape index (κ1) is 9.97. The van der Waals surface area contributed by atoms with E-state index in [-0.39, 0.29) is 5.92 Å². The lowest BCUT2D eigenvalue weighted by molar-refractivity contribution is -0.173. The van der Waals surface area contributed by atoms with E-state index in [2.05, 4.69) is 18.7 Å². The third-order valence-electron chi connectivity index (χ3n) is 3.49. The fraction of sp³-hybridized carbons (Fsp3) is 0.909. The summed E-state index contributed by atoms with van der Waals surface area (Å²) < 4.78 is 0. The summed E-state index contributed by atoms with van der Waals surface area (Å²) in [4.78, 5) is 16.2. The van der Waals surface area contributed by atoms with Gasteiger partial charge < -0.3 is 4.90 Å². The standard InChI is InChI=1S/C11H20N2O/c1-7(2)11(14)13-6-9-10(13)5-12(9)8(3)4/h7-10H,5-6H2,1-4H3. The lowest BCUT2D eigenvalue weighted by Gasteiger charge is -2.63. The van der Waals surface area contributed by atoms with E-state index >= 15 is 0 Å². The van der Waals surface area contributed by atoms with Gasteiger partial charge in [-0.05, 0) is 13.8 Å². The fourth-order valence-corrected chi connectivity index (χ4v) is 2.47.